The zero-order valence-corrected chi connectivity index (χ0v) is 3.44. The molecule has 0 bridgehead atoms. The molecule has 0 saturated heterocycles. The van der Waals surface area contributed by atoms with Crippen LogP contribution in [0.2, 0.25) is 0 Å². The number of hydrogen-bond donors (Lipinski definition) is 0. The average Bonchev–Trinajstić information content (AvgIpc) is 1.72. The lowest BCUT2D eigenvalue weighted by molar-refractivity contribution is 1.31. The largest absolute Gasteiger partial charge is 0.0935 e. The van der Waals surface area contributed by atoms with Crippen LogP contribution in [0.25, 0.3) is 0 Å². The average molecular weight is 77.1 g/mol. The normalized spacial score (nSPS) is 16.0. The highest BCUT2D eigenvalue weighted by Crippen LogP contribution is 1.90. The molecule has 6 heavy (non-hydrogen) atoms. The minimum absolute atomic E-state index is 1.02. The molecule has 0 heterocycles. The highest BCUT2D eigenvalue weighted by molar-refractivity contribution is 5.26. The third-order valence-corrected chi connectivity index (χ3v) is 0.641. The fourth-order valence-corrected chi connectivity index (χ4v) is 0.361. The first-order valence-electron chi connectivity index (χ1n) is 1.98. The summed E-state index contributed by atoms with van der Waals surface area (Å²) in [6.45, 7) is 0. The Bertz CT molecular complexity index is 110. The molecule has 0 amide bonds. The molecule has 0 N–H and O–H groups in total. The molecule has 0 saturated carbocycles. The maximum Gasteiger partial charge on any atom is 0.0381 e. The van der Waals surface area contributed by atoms with Crippen molar-refractivity contribution in [3.8, 4) is 11.8 Å². The predicted octanol–water partition coefficient (Wildman–Crippen LogP) is 1.15. The molecule has 1 aliphatic rings. The number of hydrogen-bond acceptors (Lipinski definition) is 0. The summed E-state index contributed by atoms with van der Waals surface area (Å²) in [5, 5.41) is 0. The highest BCUT2D eigenvalue weighted by atomic mass is 13.8. The van der Waals surface area contributed by atoms with Gasteiger partial charge in [0.2, 0.25) is 0 Å². The first-order valence-corrected chi connectivity index (χ1v) is 1.98. The summed E-state index contributed by atoms with van der Waals surface area (Å²) in [5.74, 6) is 5.62. The molecule has 0 heteroatoms. The van der Waals surface area contributed by atoms with Gasteiger partial charge < -0.3 is 0 Å². The van der Waals surface area contributed by atoms with Gasteiger partial charge in [-0.05, 0) is 12.5 Å². The quantitative estimate of drug-likeness (QED) is 0.380. The molecule has 0 nitrogen and oxygen atoms in total. The van der Waals surface area contributed by atoms with E-state index >= 15 is 0 Å². The van der Waals surface area contributed by atoms with Gasteiger partial charge in [-0.25, -0.2) is 0 Å². The molecule has 0 unspecified atom stereocenters. The highest BCUT2D eigenvalue weighted by Gasteiger charge is 1.76. The number of rotatable bonds is 0. The maximum absolute atomic E-state index is 2.82. The van der Waals surface area contributed by atoms with E-state index in [1.54, 1.807) is 0 Å². The second-order valence-corrected chi connectivity index (χ2v) is 1.13. The van der Waals surface area contributed by atoms with E-state index in [-0.39, 0.29) is 0 Å². The summed E-state index contributed by atoms with van der Waals surface area (Å²) in [5.41, 5.74) is 0. The fourth-order valence-electron chi connectivity index (χ4n) is 0.361. The molecule has 0 fully saturated rings. The van der Waals surface area contributed by atoms with Gasteiger partial charge in [-0.2, -0.15) is 0 Å². The molecule has 0 aromatic heterocycles. The summed E-state index contributed by atoms with van der Waals surface area (Å²) >= 11 is 0. The van der Waals surface area contributed by atoms with Crippen LogP contribution < -0.4 is 0 Å². The Morgan fingerprint density at radius 2 is 2.33 bits per heavy atom. The molecule has 0 aromatic rings. The second-order valence-electron chi connectivity index (χ2n) is 1.13. The number of allylic oxidation sites excluding steroid dienone is 2. The first-order chi connectivity index (χ1) is 3.00. The molecule has 1 aliphatic carbocycles. The molecular weight excluding hydrogens is 72.1 g/mol. The predicted molar refractivity (Wildman–Crippen MR) is 25.8 cm³/mol. The van der Waals surface area contributed by atoms with Crippen LogP contribution in [-0.2, 0) is 0 Å². The molecule has 1 rings (SSSR count). The summed E-state index contributed by atoms with van der Waals surface area (Å²) in [6, 6.07) is 0. The standard InChI is InChI=1S/C6H5/c1-2-4-6-5-3-1/h1-2,5H,3H2. The lowest BCUT2D eigenvalue weighted by Gasteiger charge is -1.82. The van der Waals surface area contributed by atoms with Gasteiger partial charge in [0.25, 0.3) is 0 Å². The monoisotopic (exact) mass is 77.0 g/mol. The van der Waals surface area contributed by atoms with Crippen LogP contribution in [0.1, 0.15) is 6.42 Å². The zero-order valence-electron chi connectivity index (χ0n) is 3.44. The Morgan fingerprint density at radius 3 is 2.50 bits per heavy atom. The maximum atomic E-state index is 2.82. The van der Waals surface area contributed by atoms with Crippen molar-refractivity contribution < 1.29 is 0 Å². The van der Waals surface area contributed by atoms with Crippen molar-refractivity contribution >= 4 is 0 Å². The van der Waals surface area contributed by atoms with Crippen molar-refractivity contribution in [2.24, 2.45) is 0 Å². The van der Waals surface area contributed by atoms with E-state index in [1.165, 1.54) is 0 Å². The van der Waals surface area contributed by atoms with Gasteiger partial charge in [0, 0.05) is 6.42 Å². The third kappa shape index (κ3) is 0.621. The summed E-state index contributed by atoms with van der Waals surface area (Å²) < 4.78 is 0. The van der Waals surface area contributed by atoms with Crippen LogP contribution in [0.3, 0.4) is 0 Å². The summed E-state index contributed by atoms with van der Waals surface area (Å²) in [6.07, 6.45) is 6.88. The molecule has 0 spiro atoms. The summed E-state index contributed by atoms with van der Waals surface area (Å²) in [7, 11) is 0. The van der Waals surface area contributed by atoms with E-state index in [2.05, 4.69) is 11.8 Å². The van der Waals surface area contributed by atoms with Crippen LogP contribution in [0.5, 0.6) is 0 Å². The van der Waals surface area contributed by atoms with Crippen molar-refractivity contribution in [3.05, 3.63) is 18.6 Å². The van der Waals surface area contributed by atoms with Gasteiger partial charge in [-0.15, -0.1) is 0 Å². The summed E-state index contributed by atoms with van der Waals surface area (Å²) in [4.78, 5) is 0. The Balaban J connectivity index is 2.58. The van der Waals surface area contributed by atoms with Crippen LogP contribution >= 0.6 is 0 Å². The fraction of sp³-hybridized carbons (Fsp3) is 0.167. The topological polar surface area (TPSA) is 0 Å². The van der Waals surface area contributed by atoms with Crippen LogP contribution in [-0.4, -0.2) is 0 Å². The van der Waals surface area contributed by atoms with Gasteiger partial charge in [0.05, 0.1) is 0 Å². The molecule has 0 aliphatic heterocycles. The zero-order chi connectivity index (χ0) is 4.24. The Labute approximate surface area is 37.9 Å². The van der Waals surface area contributed by atoms with Crippen molar-refractivity contribution in [2.45, 2.75) is 6.42 Å². The molecule has 1 radical (unpaired) electrons. The van der Waals surface area contributed by atoms with Crippen LogP contribution in [0, 0.1) is 18.3 Å². The second kappa shape index (κ2) is 1.67. The van der Waals surface area contributed by atoms with E-state index in [0.29, 0.717) is 0 Å². The Morgan fingerprint density at radius 1 is 1.33 bits per heavy atom. The van der Waals surface area contributed by atoms with Gasteiger partial charge >= 0.3 is 0 Å². The SMILES string of the molecule is C1#CC=CC[CH]1. The van der Waals surface area contributed by atoms with Gasteiger partial charge in [-0.3, -0.25) is 0 Å². The van der Waals surface area contributed by atoms with Crippen molar-refractivity contribution in [1.29, 1.82) is 0 Å². The van der Waals surface area contributed by atoms with Gasteiger partial charge in [0.1, 0.15) is 0 Å². The van der Waals surface area contributed by atoms with Gasteiger partial charge in [0.15, 0.2) is 0 Å². The first kappa shape index (κ1) is 3.49. The lowest BCUT2D eigenvalue weighted by atomic mass is 10.2. The molecule has 29 valence electrons. The van der Waals surface area contributed by atoms with Crippen molar-refractivity contribution in [2.75, 3.05) is 0 Å². The lowest BCUT2D eigenvalue weighted by Crippen LogP contribution is -1.69. The van der Waals surface area contributed by atoms with Crippen molar-refractivity contribution in [3.63, 3.8) is 0 Å². The van der Waals surface area contributed by atoms with Crippen molar-refractivity contribution in [1.82, 2.24) is 0 Å². The molecule has 0 atom stereocenters. The Hall–Kier alpha value is -0.700. The van der Waals surface area contributed by atoms with Crippen LogP contribution in [0.4, 0.5) is 0 Å². The van der Waals surface area contributed by atoms with E-state index in [1.807, 2.05) is 18.6 Å². The van der Waals surface area contributed by atoms with E-state index in [0.717, 1.165) is 6.42 Å². The molecule has 0 aromatic carbocycles. The van der Waals surface area contributed by atoms with E-state index < -0.39 is 0 Å². The smallest absolute Gasteiger partial charge is 0.0381 e. The molecular formula is C6H5. The van der Waals surface area contributed by atoms with Gasteiger partial charge in [-0.1, -0.05) is 17.9 Å². The van der Waals surface area contributed by atoms with E-state index in [9.17, 15) is 0 Å². The van der Waals surface area contributed by atoms with E-state index in [4.69, 9.17) is 0 Å². The minimum atomic E-state index is 1.02. The van der Waals surface area contributed by atoms with Crippen LogP contribution in [0.15, 0.2) is 12.2 Å². The minimum Gasteiger partial charge on any atom is -0.0935 e. The third-order valence-electron chi connectivity index (χ3n) is 0.641. The Kier molecular flexibility index (Phi) is 0.969.